The number of halogens is 1. The lowest BCUT2D eigenvalue weighted by molar-refractivity contribution is 0.0218. The Kier molecular flexibility index (Phi) is 4.45. The van der Waals surface area contributed by atoms with Crippen LogP contribution in [0.2, 0.25) is 0 Å². The maximum atomic E-state index is 12.7. The average Bonchev–Trinajstić information content (AvgIpc) is 3.09. The van der Waals surface area contributed by atoms with Crippen molar-refractivity contribution in [1.82, 2.24) is 15.2 Å². The van der Waals surface area contributed by atoms with Gasteiger partial charge in [-0.3, -0.25) is 9.69 Å². The van der Waals surface area contributed by atoms with Crippen molar-refractivity contribution in [2.24, 2.45) is 5.92 Å². The van der Waals surface area contributed by atoms with Crippen LogP contribution in [0.3, 0.4) is 0 Å². The van der Waals surface area contributed by atoms with Gasteiger partial charge in [0.05, 0.1) is 6.20 Å². The van der Waals surface area contributed by atoms with Crippen molar-refractivity contribution >= 4 is 33.2 Å². The lowest BCUT2D eigenvalue weighted by Crippen LogP contribution is -2.62. The smallest absolute Gasteiger partial charge is 0.263 e. The first kappa shape index (κ1) is 16.2. The van der Waals surface area contributed by atoms with Crippen LogP contribution >= 0.6 is 27.3 Å². The summed E-state index contributed by atoms with van der Waals surface area (Å²) in [5, 5.41) is 4.16. The van der Waals surface area contributed by atoms with Gasteiger partial charge in [0.2, 0.25) is 0 Å². The summed E-state index contributed by atoms with van der Waals surface area (Å²) >= 11 is 4.90. The highest BCUT2D eigenvalue weighted by Crippen LogP contribution is 2.33. The summed E-state index contributed by atoms with van der Waals surface area (Å²) in [6.45, 7) is 4.58. The third-order valence-electron chi connectivity index (χ3n) is 5.30. The summed E-state index contributed by atoms with van der Waals surface area (Å²) in [4.78, 5) is 20.3. The van der Waals surface area contributed by atoms with Crippen molar-refractivity contribution in [2.45, 2.75) is 31.8 Å². The highest BCUT2D eigenvalue weighted by Gasteiger charge is 2.40. The number of benzene rings is 1. The van der Waals surface area contributed by atoms with Crippen LogP contribution in [-0.2, 0) is 0 Å². The number of carbonyl (C=O) groups excluding carboxylic acids is 1. The molecule has 6 heteroatoms. The highest BCUT2D eigenvalue weighted by atomic mass is 79.9. The maximum Gasteiger partial charge on any atom is 0.263 e. The molecule has 4 heterocycles. The maximum absolute atomic E-state index is 12.7. The molecular formula is C18H20BrN3OS. The second-order valence-electron chi connectivity index (χ2n) is 6.65. The van der Waals surface area contributed by atoms with Crippen LogP contribution in [0.1, 0.15) is 29.4 Å². The molecule has 2 bridgehead atoms. The first-order valence-corrected chi connectivity index (χ1v) is 9.99. The molecule has 0 aliphatic carbocycles. The topological polar surface area (TPSA) is 45.2 Å². The zero-order chi connectivity index (χ0) is 16.7. The molecule has 1 N–H and O–H groups in total. The number of fused-ring (bicyclic) bond motifs is 3. The molecule has 5 rings (SSSR count). The Morgan fingerprint density at radius 3 is 2.67 bits per heavy atom. The zero-order valence-corrected chi connectivity index (χ0v) is 15.9. The Morgan fingerprint density at radius 1 is 1.29 bits per heavy atom. The van der Waals surface area contributed by atoms with Crippen molar-refractivity contribution in [1.29, 1.82) is 0 Å². The van der Waals surface area contributed by atoms with Gasteiger partial charge < -0.3 is 5.32 Å². The molecule has 1 amide bonds. The Balaban J connectivity index is 1.48. The number of nitrogens with zero attached hydrogens (tertiary/aromatic N) is 2. The number of carbonyl (C=O) groups is 1. The molecule has 126 valence electrons. The van der Waals surface area contributed by atoms with Crippen LogP contribution in [0, 0.1) is 5.92 Å². The number of piperidine rings is 3. The van der Waals surface area contributed by atoms with Gasteiger partial charge in [-0.05, 0) is 50.9 Å². The first-order chi connectivity index (χ1) is 11.6. The van der Waals surface area contributed by atoms with Crippen LogP contribution < -0.4 is 5.32 Å². The minimum atomic E-state index is 0.0152. The van der Waals surface area contributed by atoms with E-state index in [9.17, 15) is 4.79 Å². The van der Waals surface area contributed by atoms with Crippen molar-refractivity contribution < 1.29 is 4.79 Å². The van der Waals surface area contributed by atoms with E-state index in [1.54, 1.807) is 6.20 Å². The van der Waals surface area contributed by atoms with Crippen molar-refractivity contribution in [3.63, 3.8) is 0 Å². The fourth-order valence-electron chi connectivity index (χ4n) is 3.87. The first-order valence-electron chi connectivity index (χ1n) is 8.38. The van der Waals surface area contributed by atoms with E-state index in [-0.39, 0.29) is 11.9 Å². The number of amides is 1. The van der Waals surface area contributed by atoms with Crippen molar-refractivity contribution in [3.05, 3.63) is 39.8 Å². The van der Waals surface area contributed by atoms with E-state index >= 15 is 0 Å². The molecule has 2 atom stereocenters. The van der Waals surface area contributed by atoms with E-state index in [1.165, 1.54) is 37.3 Å². The van der Waals surface area contributed by atoms with E-state index in [0.717, 1.165) is 15.0 Å². The van der Waals surface area contributed by atoms with Gasteiger partial charge in [-0.2, -0.15) is 0 Å². The predicted molar refractivity (Wildman–Crippen MR) is 100 cm³/mol. The van der Waals surface area contributed by atoms with Crippen LogP contribution in [0.25, 0.3) is 10.6 Å². The summed E-state index contributed by atoms with van der Waals surface area (Å²) in [6, 6.07) is 8.70. The molecule has 2 aromatic rings. The molecule has 3 fully saturated rings. The van der Waals surface area contributed by atoms with Gasteiger partial charge in [0.25, 0.3) is 5.91 Å². The molecule has 3 saturated heterocycles. The molecule has 24 heavy (non-hydrogen) atoms. The molecule has 1 aromatic carbocycles. The number of hydrogen-bond donors (Lipinski definition) is 1. The molecule has 2 unspecified atom stereocenters. The van der Waals surface area contributed by atoms with E-state index in [2.05, 4.69) is 38.1 Å². The van der Waals surface area contributed by atoms with Gasteiger partial charge >= 0.3 is 0 Å². The Morgan fingerprint density at radius 2 is 2.00 bits per heavy atom. The fourth-order valence-corrected chi connectivity index (χ4v) is 4.96. The standard InChI is InChI=1S/C18H20BrN3OS/c1-11-16(12-6-8-22(11)9-7-12)21-17(23)15-10-20-18(24-15)13-2-4-14(19)5-3-13/h2-5,10-12,16H,6-9H2,1H3,(H,21,23). The quantitative estimate of drug-likeness (QED) is 0.844. The van der Waals surface area contributed by atoms with Gasteiger partial charge in [0.15, 0.2) is 0 Å². The number of nitrogens with one attached hydrogen (secondary N) is 1. The molecule has 0 saturated carbocycles. The number of rotatable bonds is 3. The van der Waals surface area contributed by atoms with E-state index < -0.39 is 0 Å². The SMILES string of the molecule is CC1C(NC(=O)c2cnc(-c3ccc(Br)cc3)s2)C2CCN1CC2. The molecule has 1 aromatic heterocycles. The van der Waals surface area contributed by atoms with Gasteiger partial charge in [0, 0.05) is 22.1 Å². The summed E-state index contributed by atoms with van der Waals surface area (Å²) < 4.78 is 1.04. The molecular weight excluding hydrogens is 386 g/mol. The van der Waals surface area contributed by atoms with Crippen molar-refractivity contribution in [2.75, 3.05) is 13.1 Å². The molecule has 4 nitrogen and oxygen atoms in total. The second-order valence-corrected chi connectivity index (χ2v) is 8.60. The molecule has 0 radical (unpaired) electrons. The van der Waals surface area contributed by atoms with Gasteiger partial charge in [0.1, 0.15) is 9.88 Å². The van der Waals surface area contributed by atoms with Crippen LogP contribution in [-0.4, -0.2) is 41.0 Å². The zero-order valence-electron chi connectivity index (χ0n) is 13.5. The predicted octanol–water partition coefficient (Wildman–Crippen LogP) is 3.79. The summed E-state index contributed by atoms with van der Waals surface area (Å²) in [6.07, 6.45) is 4.09. The normalized spacial score (nSPS) is 28.8. The molecule has 3 aliphatic rings. The van der Waals surface area contributed by atoms with Crippen LogP contribution in [0.4, 0.5) is 0 Å². The van der Waals surface area contributed by atoms with Crippen LogP contribution in [0.5, 0.6) is 0 Å². The molecule has 0 spiro atoms. The third-order valence-corrected chi connectivity index (χ3v) is 6.87. The average molecular weight is 406 g/mol. The summed E-state index contributed by atoms with van der Waals surface area (Å²) in [5.74, 6) is 0.634. The van der Waals surface area contributed by atoms with Gasteiger partial charge in [-0.25, -0.2) is 4.98 Å². The fraction of sp³-hybridized carbons (Fsp3) is 0.444. The van der Waals surface area contributed by atoms with Gasteiger partial charge in [-0.15, -0.1) is 11.3 Å². The summed E-state index contributed by atoms with van der Waals surface area (Å²) in [5.41, 5.74) is 1.04. The number of aromatic nitrogens is 1. The van der Waals surface area contributed by atoms with Crippen molar-refractivity contribution in [3.8, 4) is 10.6 Å². The lowest BCUT2D eigenvalue weighted by Gasteiger charge is -2.49. The second kappa shape index (κ2) is 6.58. The Labute approximate surface area is 154 Å². The summed E-state index contributed by atoms with van der Waals surface area (Å²) in [7, 11) is 0. The monoisotopic (exact) mass is 405 g/mol. The largest absolute Gasteiger partial charge is 0.347 e. The highest BCUT2D eigenvalue weighted by molar-refractivity contribution is 9.10. The van der Waals surface area contributed by atoms with E-state index in [4.69, 9.17) is 0 Å². The van der Waals surface area contributed by atoms with Gasteiger partial charge in [-0.1, -0.05) is 28.1 Å². The van der Waals surface area contributed by atoms with Crippen LogP contribution in [0.15, 0.2) is 34.9 Å². The minimum Gasteiger partial charge on any atom is -0.347 e. The third kappa shape index (κ3) is 3.03. The van der Waals surface area contributed by atoms with E-state index in [0.29, 0.717) is 16.8 Å². The number of hydrogen-bond acceptors (Lipinski definition) is 4. The van der Waals surface area contributed by atoms with E-state index in [1.807, 2.05) is 24.3 Å². The lowest BCUT2D eigenvalue weighted by atomic mass is 9.79. The Hall–Kier alpha value is -1.24. The molecule has 3 aliphatic heterocycles. The Bertz CT molecular complexity index is 735. The number of thiazole rings is 1. The minimum absolute atomic E-state index is 0.0152.